The standard InChI is InChI=1S/C60H117NO5/c1-4-7-10-13-16-19-22-24-26-28-29-31-33-35-38-41-44-47-50-53-60(65)66-56(51-48-45-42-39-37-34-32-30-27-25-23-20-17-14-11-8-5-2)54-59(64)61-57(55-62)58(63)52-49-46-43-40-36-21-18-15-12-9-6-3/h25,27,56-58,62-63H,4-24,26,28-55H2,1-3H3,(H,61,64)/b27-25+. The highest BCUT2D eigenvalue weighted by Gasteiger charge is 2.24. The summed E-state index contributed by atoms with van der Waals surface area (Å²) in [6.07, 6.45) is 62.8. The zero-order valence-corrected chi connectivity index (χ0v) is 44.9. The predicted octanol–water partition coefficient (Wildman–Crippen LogP) is 18.5. The van der Waals surface area contributed by atoms with Gasteiger partial charge in [0.05, 0.1) is 25.2 Å². The maximum absolute atomic E-state index is 13.3. The van der Waals surface area contributed by atoms with E-state index in [0.29, 0.717) is 19.3 Å². The summed E-state index contributed by atoms with van der Waals surface area (Å²) in [4.78, 5) is 26.3. The highest BCUT2D eigenvalue weighted by atomic mass is 16.5. The fraction of sp³-hybridized carbons (Fsp3) is 0.933. The van der Waals surface area contributed by atoms with Crippen molar-refractivity contribution in [1.82, 2.24) is 5.32 Å². The Morgan fingerprint density at radius 1 is 0.424 bits per heavy atom. The highest BCUT2D eigenvalue weighted by molar-refractivity contribution is 5.77. The zero-order chi connectivity index (χ0) is 48.1. The van der Waals surface area contributed by atoms with Gasteiger partial charge in [0, 0.05) is 6.42 Å². The number of allylic oxidation sites excluding steroid dienone is 2. The maximum atomic E-state index is 13.3. The first-order valence-electron chi connectivity index (χ1n) is 29.9. The molecule has 66 heavy (non-hydrogen) atoms. The van der Waals surface area contributed by atoms with E-state index in [1.807, 2.05) is 0 Å². The number of unbranched alkanes of at least 4 members (excludes halogenated alkanes) is 41. The molecule has 0 aromatic heterocycles. The van der Waals surface area contributed by atoms with Crippen LogP contribution in [0.4, 0.5) is 0 Å². The van der Waals surface area contributed by atoms with Gasteiger partial charge in [-0.1, -0.05) is 283 Å². The Hall–Kier alpha value is -1.40. The average molecular weight is 933 g/mol. The van der Waals surface area contributed by atoms with Crippen molar-refractivity contribution < 1.29 is 24.5 Å². The minimum absolute atomic E-state index is 0.0823. The molecule has 0 aliphatic heterocycles. The van der Waals surface area contributed by atoms with E-state index in [-0.39, 0.29) is 24.9 Å². The molecule has 0 saturated carbocycles. The summed E-state index contributed by atoms with van der Waals surface area (Å²) >= 11 is 0. The third-order valence-corrected chi connectivity index (χ3v) is 14.1. The molecule has 0 aliphatic rings. The SMILES string of the molecule is CCCCCCCC/C=C/CCCCCCCCCC(CC(=O)NC(CO)C(O)CCCCCCCCCCCCC)OC(=O)CCCCCCCCCCCCCCCCCCCCC. The number of carbonyl (C=O) groups is 2. The summed E-state index contributed by atoms with van der Waals surface area (Å²) in [6.45, 7) is 6.52. The Morgan fingerprint density at radius 2 is 0.727 bits per heavy atom. The summed E-state index contributed by atoms with van der Waals surface area (Å²) < 4.78 is 5.98. The van der Waals surface area contributed by atoms with E-state index in [9.17, 15) is 19.8 Å². The van der Waals surface area contributed by atoms with Gasteiger partial charge in [-0.05, 0) is 51.4 Å². The number of carbonyl (C=O) groups excluding carboxylic acids is 2. The van der Waals surface area contributed by atoms with Gasteiger partial charge in [-0.2, -0.15) is 0 Å². The lowest BCUT2D eigenvalue weighted by Crippen LogP contribution is -2.46. The quantitative estimate of drug-likeness (QED) is 0.0321. The van der Waals surface area contributed by atoms with E-state index >= 15 is 0 Å². The largest absolute Gasteiger partial charge is 0.462 e. The molecule has 0 bridgehead atoms. The van der Waals surface area contributed by atoms with Gasteiger partial charge in [0.1, 0.15) is 6.10 Å². The van der Waals surface area contributed by atoms with E-state index in [2.05, 4.69) is 38.2 Å². The maximum Gasteiger partial charge on any atom is 0.306 e. The van der Waals surface area contributed by atoms with Gasteiger partial charge >= 0.3 is 5.97 Å². The Kier molecular flexibility index (Phi) is 53.4. The van der Waals surface area contributed by atoms with Gasteiger partial charge in [-0.25, -0.2) is 0 Å². The second kappa shape index (κ2) is 54.5. The molecule has 3 atom stereocenters. The summed E-state index contributed by atoms with van der Waals surface area (Å²) in [6, 6.07) is -0.697. The van der Waals surface area contributed by atoms with E-state index in [1.165, 1.54) is 238 Å². The molecule has 0 fully saturated rings. The molecule has 0 radical (unpaired) electrons. The lowest BCUT2D eigenvalue weighted by molar-refractivity contribution is -0.151. The Morgan fingerprint density at radius 3 is 1.08 bits per heavy atom. The molecule has 0 rings (SSSR count). The molecule has 6 nitrogen and oxygen atoms in total. The summed E-state index contributed by atoms with van der Waals surface area (Å²) in [5.41, 5.74) is 0. The molecule has 6 heteroatoms. The van der Waals surface area contributed by atoms with Crippen LogP contribution >= 0.6 is 0 Å². The average Bonchev–Trinajstić information content (AvgIpc) is 3.31. The van der Waals surface area contributed by atoms with E-state index in [4.69, 9.17) is 4.74 Å². The number of aliphatic hydroxyl groups excluding tert-OH is 2. The van der Waals surface area contributed by atoms with Gasteiger partial charge in [-0.3, -0.25) is 9.59 Å². The molecule has 0 aliphatic carbocycles. The van der Waals surface area contributed by atoms with Gasteiger partial charge in [0.25, 0.3) is 0 Å². The Bertz CT molecular complexity index is 1000. The minimum atomic E-state index is -0.783. The van der Waals surface area contributed by atoms with Crippen molar-refractivity contribution in [2.24, 2.45) is 0 Å². The number of rotatable bonds is 55. The molecule has 0 heterocycles. The molecule has 3 unspecified atom stereocenters. The number of nitrogens with one attached hydrogen (secondary N) is 1. The lowest BCUT2D eigenvalue weighted by atomic mass is 10.0. The topological polar surface area (TPSA) is 95.9 Å². The van der Waals surface area contributed by atoms with Crippen LogP contribution in [-0.2, 0) is 14.3 Å². The molecule has 0 aromatic carbocycles. The second-order valence-corrected chi connectivity index (χ2v) is 20.8. The van der Waals surface area contributed by atoms with Crippen LogP contribution in [0, 0.1) is 0 Å². The van der Waals surface area contributed by atoms with Gasteiger partial charge in [-0.15, -0.1) is 0 Å². The molecule has 0 aromatic rings. The van der Waals surface area contributed by atoms with Crippen LogP contribution in [0.15, 0.2) is 12.2 Å². The normalized spacial score (nSPS) is 13.1. The van der Waals surface area contributed by atoms with Crippen molar-refractivity contribution in [2.45, 2.75) is 354 Å². The number of esters is 1. The third kappa shape index (κ3) is 49.0. The molecular formula is C60H117NO5. The molecule has 1 amide bonds. The molecule has 0 saturated heterocycles. The smallest absolute Gasteiger partial charge is 0.306 e. The second-order valence-electron chi connectivity index (χ2n) is 20.8. The molecule has 392 valence electrons. The Labute approximate surface area is 412 Å². The summed E-state index contributed by atoms with van der Waals surface area (Å²) in [5, 5.41) is 23.8. The molecule has 0 spiro atoms. The Balaban J connectivity index is 4.48. The predicted molar refractivity (Wildman–Crippen MR) is 287 cm³/mol. The van der Waals surface area contributed by atoms with Crippen LogP contribution in [-0.4, -0.2) is 46.9 Å². The lowest BCUT2D eigenvalue weighted by Gasteiger charge is -2.24. The van der Waals surface area contributed by atoms with Crippen molar-refractivity contribution >= 4 is 11.9 Å². The monoisotopic (exact) mass is 932 g/mol. The number of hydrogen-bond donors (Lipinski definition) is 3. The van der Waals surface area contributed by atoms with Gasteiger partial charge in [0.2, 0.25) is 5.91 Å². The number of ether oxygens (including phenoxy) is 1. The summed E-state index contributed by atoms with van der Waals surface area (Å²) in [7, 11) is 0. The third-order valence-electron chi connectivity index (χ3n) is 14.1. The number of hydrogen-bond acceptors (Lipinski definition) is 5. The van der Waals surface area contributed by atoms with E-state index in [1.54, 1.807) is 0 Å². The van der Waals surface area contributed by atoms with Crippen molar-refractivity contribution in [3.8, 4) is 0 Å². The molecule has 3 N–H and O–H groups in total. The minimum Gasteiger partial charge on any atom is -0.462 e. The highest BCUT2D eigenvalue weighted by Crippen LogP contribution is 2.19. The van der Waals surface area contributed by atoms with Crippen LogP contribution in [0.2, 0.25) is 0 Å². The van der Waals surface area contributed by atoms with Gasteiger partial charge in [0.15, 0.2) is 0 Å². The van der Waals surface area contributed by atoms with Crippen molar-refractivity contribution in [3.05, 3.63) is 12.2 Å². The fourth-order valence-corrected chi connectivity index (χ4v) is 9.55. The first-order chi connectivity index (χ1) is 32.5. The first kappa shape index (κ1) is 64.6. The van der Waals surface area contributed by atoms with E-state index in [0.717, 1.165) is 51.4 Å². The van der Waals surface area contributed by atoms with E-state index < -0.39 is 18.2 Å². The van der Waals surface area contributed by atoms with Crippen LogP contribution in [0.25, 0.3) is 0 Å². The van der Waals surface area contributed by atoms with Crippen LogP contribution in [0.1, 0.15) is 335 Å². The van der Waals surface area contributed by atoms with Crippen molar-refractivity contribution in [2.75, 3.05) is 6.61 Å². The van der Waals surface area contributed by atoms with Crippen LogP contribution < -0.4 is 5.32 Å². The number of amides is 1. The van der Waals surface area contributed by atoms with Crippen molar-refractivity contribution in [1.29, 1.82) is 0 Å². The first-order valence-corrected chi connectivity index (χ1v) is 29.9. The van der Waals surface area contributed by atoms with Crippen LogP contribution in [0.3, 0.4) is 0 Å². The van der Waals surface area contributed by atoms with Crippen LogP contribution in [0.5, 0.6) is 0 Å². The number of aliphatic hydroxyl groups is 2. The zero-order valence-electron chi connectivity index (χ0n) is 44.9. The van der Waals surface area contributed by atoms with Gasteiger partial charge < -0.3 is 20.3 Å². The molecular weight excluding hydrogens is 815 g/mol. The fourth-order valence-electron chi connectivity index (χ4n) is 9.55. The van der Waals surface area contributed by atoms with Crippen molar-refractivity contribution in [3.63, 3.8) is 0 Å². The summed E-state index contributed by atoms with van der Waals surface area (Å²) in [5.74, 6) is -0.453.